The second kappa shape index (κ2) is 7.64. The van der Waals surface area contributed by atoms with Crippen LogP contribution in [-0.2, 0) is 0 Å². The van der Waals surface area contributed by atoms with Crippen LogP contribution in [0.2, 0.25) is 0 Å². The molecule has 0 aromatic heterocycles. The number of fused-ring (bicyclic) bond motifs is 7. The smallest absolute Gasteiger partial charge is 0.0915 e. The van der Waals surface area contributed by atoms with Crippen molar-refractivity contribution in [1.82, 2.24) is 0 Å². The van der Waals surface area contributed by atoms with Gasteiger partial charge in [-0.15, -0.1) is 0 Å². The highest BCUT2D eigenvalue weighted by Gasteiger charge is 2.71. The lowest BCUT2D eigenvalue weighted by molar-refractivity contribution is -0.243. The Labute approximate surface area is 211 Å². The van der Waals surface area contributed by atoms with Gasteiger partial charge in [0.25, 0.3) is 0 Å². The molecule has 5 saturated carbocycles. The van der Waals surface area contributed by atoms with E-state index >= 15 is 0 Å². The third-order valence-electron chi connectivity index (χ3n) is 14.7. The van der Waals surface area contributed by atoms with E-state index < -0.39 is 0 Å². The van der Waals surface area contributed by atoms with Crippen LogP contribution in [0.25, 0.3) is 0 Å². The first-order valence-corrected chi connectivity index (χ1v) is 14.9. The Morgan fingerprint density at radius 2 is 1.53 bits per heavy atom. The zero-order valence-electron chi connectivity index (χ0n) is 23.6. The molecule has 0 amide bonds. The molecule has 5 aliphatic carbocycles. The van der Waals surface area contributed by atoms with Crippen LogP contribution in [0.15, 0.2) is 24.5 Å². The first kappa shape index (κ1) is 25.0. The van der Waals surface area contributed by atoms with Crippen LogP contribution in [0.3, 0.4) is 0 Å². The maximum absolute atomic E-state index is 11.0. The minimum Gasteiger partial charge on any atom is -0.512 e. The van der Waals surface area contributed by atoms with Crippen LogP contribution in [0, 0.1) is 62.6 Å². The van der Waals surface area contributed by atoms with Gasteiger partial charge in [0.15, 0.2) is 0 Å². The fourth-order valence-corrected chi connectivity index (χ4v) is 12.2. The maximum atomic E-state index is 11.0. The number of aliphatic hydroxyl groups is 1. The van der Waals surface area contributed by atoms with Gasteiger partial charge in [0, 0.05) is 5.41 Å². The summed E-state index contributed by atoms with van der Waals surface area (Å²) < 4.78 is 0. The normalized spacial score (nSPS) is 56.6. The van der Waals surface area contributed by atoms with Crippen molar-refractivity contribution < 1.29 is 5.11 Å². The van der Waals surface area contributed by atoms with Crippen LogP contribution in [0.1, 0.15) is 119 Å². The second-order valence-corrected chi connectivity index (χ2v) is 15.1. The minimum absolute atomic E-state index is 0.0564. The van der Waals surface area contributed by atoms with Crippen molar-refractivity contribution in [3.05, 3.63) is 24.5 Å². The molecule has 1 unspecified atom stereocenters. The van der Waals surface area contributed by atoms with E-state index in [4.69, 9.17) is 0 Å². The van der Waals surface area contributed by atoms with Crippen molar-refractivity contribution >= 4 is 0 Å². The highest BCUT2D eigenvalue weighted by atomic mass is 16.3. The summed E-state index contributed by atoms with van der Waals surface area (Å²) >= 11 is 0. The summed E-state index contributed by atoms with van der Waals surface area (Å²) in [6, 6.07) is 0. The Balaban J connectivity index is 1.56. The summed E-state index contributed by atoms with van der Waals surface area (Å²) in [5.41, 5.74) is 3.04. The molecule has 1 nitrogen and oxygen atoms in total. The van der Waals surface area contributed by atoms with Gasteiger partial charge in [0.05, 0.1) is 5.76 Å². The summed E-state index contributed by atoms with van der Waals surface area (Å²) in [5, 5.41) is 11.0. The molecule has 1 N–H and O–H groups in total. The van der Waals surface area contributed by atoms with Gasteiger partial charge in [-0.25, -0.2) is 0 Å². The molecular weight excluding hydrogens is 412 g/mol. The molecule has 0 aliphatic heterocycles. The van der Waals surface area contributed by atoms with Crippen LogP contribution in [-0.4, -0.2) is 5.11 Å². The van der Waals surface area contributed by atoms with Crippen molar-refractivity contribution in [2.24, 2.45) is 62.6 Å². The number of hydrogen-bond donors (Lipinski definition) is 1. The van der Waals surface area contributed by atoms with Crippen LogP contribution in [0.4, 0.5) is 0 Å². The lowest BCUT2D eigenvalue weighted by atomic mass is 9.31. The number of rotatable bonds is 3. The van der Waals surface area contributed by atoms with Crippen molar-refractivity contribution in [2.45, 2.75) is 119 Å². The molecule has 0 bridgehead atoms. The van der Waals surface area contributed by atoms with Gasteiger partial charge in [0.2, 0.25) is 0 Å². The minimum atomic E-state index is -0.0564. The molecule has 0 aromatic carbocycles. The zero-order chi connectivity index (χ0) is 24.9. The van der Waals surface area contributed by atoms with E-state index in [1.165, 1.54) is 63.4 Å². The molecule has 5 fully saturated rings. The van der Waals surface area contributed by atoms with Crippen molar-refractivity contribution in [2.75, 3.05) is 0 Å². The Morgan fingerprint density at radius 3 is 2.15 bits per heavy atom. The Hall–Kier alpha value is -0.720. The summed E-state index contributed by atoms with van der Waals surface area (Å²) in [5.74, 6) is 4.85. The molecule has 0 aromatic rings. The lowest BCUT2D eigenvalue weighted by Gasteiger charge is -2.73. The van der Waals surface area contributed by atoms with Gasteiger partial charge in [-0.1, -0.05) is 66.7 Å². The molecule has 0 heterocycles. The molecule has 1 heteroatoms. The Bertz CT molecular complexity index is 872. The van der Waals surface area contributed by atoms with Crippen LogP contribution < -0.4 is 0 Å². The molecule has 0 radical (unpaired) electrons. The molecule has 0 saturated heterocycles. The maximum Gasteiger partial charge on any atom is 0.0915 e. The summed E-state index contributed by atoms with van der Waals surface area (Å²) in [6.45, 7) is 26.7. The van der Waals surface area contributed by atoms with Gasteiger partial charge >= 0.3 is 0 Å². The first-order chi connectivity index (χ1) is 15.8. The summed E-state index contributed by atoms with van der Waals surface area (Å²) in [7, 11) is 0. The van der Waals surface area contributed by atoms with Gasteiger partial charge in [-0.05, 0) is 128 Å². The number of aliphatic hydroxyl groups excluding tert-OH is 1. The zero-order valence-corrected chi connectivity index (χ0v) is 23.6. The fraction of sp³-hybridized carbons (Fsp3) is 0.879. The average Bonchev–Trinajstić information content (AvgIpc) is 3.18. The Morgan fingerprint density at radius 1 is 0.824 bits per heavy atom. The lowest BCUT2D eigenvalue weighted by Crippen LogP contribution is -2.66. The average molecular weight is 467 g/mol. The van der Waals surface area contributed by atoms with E-state index in [-0.39, 0.29) is 5.41 Å². The monoisotopic (exact) mass is 466 g/mol. The molecule has 5 rings (SSSR count). The van der Waals surface area contributed by atoms with Gasteiger partial charge in [-0.3, -0.25) is 0 Å². The molecule has 0 spiro atoms. The van der Waals surface area contributed by atoms with Gasteiger partial charge < -0.3 is 5.11 Å². The van der Waals surface area contributed by atoms with E-state index in [0.29, 0.717) is 45.2 Å². The third kappa shape index (κ3) is 2.80. The Kier molecular flexibility index (Phi) is 5.61. The predicted octanol–water partition coefficient (Wildman–Crippen LogP) is 9.74. The van der Waals surface area contributed by atoms with Gasteiger partial charge in [-0.2, -0.15) is 0 Å². The van der Waals surface area contributed by atoms with Crippen molar-refractivity contribution in [3.8, 4) is 0 Å². The molecular formula is C33H54O. The molecule has 192 valence electrons. The second-order valence-electron chi connectivity index (χ2n) is 15.1. The van der Waals surface area contributed by atoms with Crippen LogP contribution >= 0.6 is 0 Å². The SMILES string of the molecule is C=C(C)[C@@H]1CC[C@]2(C(=C)O)CC[C@]3(C)C(CC[C@@H]4[C@@]5(C)CC[C@H](C)[C@@](C)(CC)[C@@H]5CC[C@]43C)[C@@H]12. The van der Waals surface area contributed by atoms with Gasteiger partial charge in [0.1, 0.15) is 0 Å². The van der Waals surface area contributed by atoms with Crippen molar-refractivity contribution in [3.63, 3.8) is 0 Å². The predicted molar refractivity (Wildman–Crippen MR) is 145 cm³/mol. The topological polar surface area (TPSA) is 20.2 Å². The largest absolute Gasteiger partial charge is 0.512 e. The molecule has 5 aliphatic rings. The highest BCUT2D eigenvalue weighted by molar-refractivity contribution is 5.25. The summed E-state index contributed by atoms with van der Waals surface area (Å²) in [6.07, 6.45) is 14.5. The molecule has 11 atom stereocenters. The summed E-state index contributed by atoms with van der Waals surface area (Å²) in [4.78, 5) is 0. The standard InChI is InChI=1S/C33H54O/c1-10-29(6)22(4)13-16-30(7)26(29)15-17-32(9)27(30)12-11-25-28-24(21(2)3)14-18-33(28,23(5)34)20-19-31(25,32)8/h22,24-28,34H,2,5,10-20H2,1,3-4,6-9H3/t22-,24-,25?,26-,27+,28+,29+,30-,31+,32+,33+/m0/s1. The highest BCUT2D eigenvalue weighted by Crippen LogP contribution is 2.78. The van der Waals surface area contributed by atoms with E-state index in [2.05, 4.69) is 61.6 Å². The third-order valence-corrected chi connectivity index (χ3v) is 14.7. The van der Waals surface area contributed by atoms with E-state index in [0.717, 1.165) is 30.6 Å². The van der Waals surface area contributed by atoms with E-state index in [1.807, 2.05) is 0 Å². The fourth-order valence-electron chi connectivity index (χ4n) is 12.2. The molecule has 34 heavy (non-hydrogen) atoms. The van der Waals surface area contributed by atoms with Crippen molar-refractivity contribution in [1.29, 1.82) is 0 Å². The van der Waals surface area contributed by atoms with E-state index in [9.17, 15) is 5.11 Å². The number of allylic oxidation sites excluding steroid dienone is 2. The quantitative estimate of drug-likeness (QED) is 0.324. The van der Waals surface area contributed by atoms with E-state index in [1.54, 1.807) is 0 Å². The van der Waals surface area contributed by atoms with Crippen LogP contribution in [0.5, 0.6) is 0 Å². The number of hydrogen-bond acceptors (Lipinski definition) is 1. The first-order valence-electron chi connectivity index (χ1n) is 14.9.